The number of nitrogens with zero attached hydrogens (tertiary/aromatic N) is 6. The van der Waals surface area contributed by atoms with Crippen LogP contribution in [0.25, 0.3) is 38.9 Å². The van der Waals surface area contributed by atoms with Crippen LogP contribution in [0.3, 0.4) is 0 Å². The summed E-state index contributed by atoms with van der Waals surface area (Å²) in [6.45, 7) is 0. The number of fused-ring (bicyclic) bond motifs is 4. The fourth-order valence-corrected chi connectivity index (χ4v) is 3.85. The number of hydrogen-bond acceptors (Lipinski definition) is 8. The predicted molar refractivity (Wildman–Crippen MR) is 119 cm³/mol. The lowest BCUT2D eigenvalue weighted by Crippen LogP contribution is -2.03. The van der Waals surface area contributed by atoms with Crippen molar-refractivity contribution in [3.8, 4) is 17.3 Å². The molecule has 32 heavy (non-hydrogen) atoms. The first-order valence-corrected chi connectivity index (χ1v) is 9.98. The zero-order chi connectivity index (χ0) is 21.7. The quantitative estimate of drug-likeness (QED) is 0.456. The molecule has 0 aliphatic rings. The summed E-state index contributed by atoms with van der Waals surface area (Å²) in [6.07, 6.45) is 2.27. The molecule has 0 amide bonds. The maximum absolute atomic E-state index is 6.15. The molecule has 0 aliphatic carbocycles. The van der Waals surface area contributed by atoms with E-state index < -0.39 is 0 Å². The minimum absolute atomic E-state index is 0.242. The molecule has 0 atom stereocenters. The highest BCUT2D eigenvalue weighted by molar-refractivity contribution is 5.98. The van der Waals surface area contributed by atoms with Gasteiger partial charge in [0.2, 0.25) is 11.8 Å². The van der Waals surface area contributed by atoms with Crippen molar-refractivity contribution in [2.45, 2.75) is 6.42 Å². The van der Waals surface area contributed by atoms with Gasteiger partial charge >= 0.3 is 0 Å². The largest absolute Gasteiger partial charge is 0.494 e. The van der Waals surface area contributed by atoms with Crippen LogP contribution < -0.4 is 10.5 Å². The van der Waals surface area contributed by atoms with Crippen molar-refractivity contribution >= 4 is 33.3 Å². The van der Waals surface area contributed by atoms with E-state index in [4.69, 9.17) is 14.9 Å². The third-order valence-corrected chi connectivity index (χ3v) is 5.36. The number of nitrogens with two attached hydrogens (primary N) is 1. The number of rotatable bonds is 4. The van der Waals surface area contributed by atoms with Crippen molar-refractivity contribution in [3.63, 3.8) is 0 Å². The Morgan fingerprint density at radius 1 is 1.06 bits per heavy atom. The molecule has 9 nitrogen and oxygen atoms in total. The SMILES string of the molecule is COc1cccc2c1nc(N)n1nc(-c3nnc(Cc4ccc5cccnc5c4)o3)cc21. The molecule has 0 saturated heterocycles. The van der Waals surface area contributed by atoms with Crippen LogP contribution in [0.4, 0.5) is 5.95 Å². The van der Waals surface area contributed by atoms with E-state index >= 15 is 0 Å². The Hall–Kier alpha value is -4.53. The molecule has 0 saturated carbocycles. The van der Waals surface area contributed by atoms with Crippen LogP contribution >= 0.6 is 0 Å². The van der Waals surface area contributed by atoms with Crippen LogP contribution in [0.15, 0.2) is 65.2 Å². The average Bonchev–Trinajstić information content (AvgIpc) is 3.47. The van der Waals surface area contributed by atoms with Gasteiger partial charge in [-0.2, -0.15) is 9.61 Å². The summed E-state index contributed by atoms with van der Waals surface area (Å²) >= 11 is 0. The molecule has 6 aromatic rings. The number of aromatic nitrogens is 6. The van der Waals surface area contributed by atoms with Crippen LogP contribution in [0.1, 0.15) is 11.5 Å². The number of pyridine rings is 1. The van der Waals surface area contributed by atoms with Crippen molar-refractivity contribution in [2.75, 3.05) is 12.8 Å². The van der Waals surface area contributed by atoms with Gasteiger partial charge in [-0.25, -0.2) is 4.98 Å². The molecule has 0 aliphatic heterocycles. The van der Waals surface area contributed by atoms with Crippen molar-refractivity contribution in [2.24, 2.45) is 0 Å². The van der Waals surface area contributed by atoms with Crippen molar-refractivity contribution in [1.29, 1.82) is 0 Å². The van der Waals surface area contributed by atoms with Gasteiger partial charge in [0.15, 0.2) is 5.69 Å². The molecule has 0 bridgehead atoms. The monoisotopic (exact) mass is 423 g/mol. The van der Waals surface area contributed by atoms with Gasteiger partial charge in [0.25, 0.3) is 5.89 Å². The van der Waals surface area contributed by atoms with Gasteiger partial charge in [-0.1, -0.05) is 30.3 Å². The second kappa shape index (κ2) is 7.02. The second-order valence-electron chi connectivity index (χ2n) is 7.36. The lowest BCUT2D eigenvalue weighted by atomic mass is 10.1. The van der Waals surface area contributed by atoms with Crippen molar-refractivity contribution in [3.05, 3.63) is 72.2 Å². The fourth-order valence-electron chi connectivity index (χ4n) is 3.85. The zero-order valence-corrected chi connectivity index (χ0v) is 17.1. The van der Waals surface area contributed by atoms with Gasteiger partial charge in [-0.3, -0.25) is 4.98 Å². The normalized spacial score (nSPS) is 11.5. The van der Waals surface area contributed by atoms with E-state index in [0.29, 0.717) is 35.2 Å². The third kappa shape index (κ3) is 2.90. The number of para-hydroxylation sites is 1. The lowest BCUT2D eigenvalue weighted by molar-refractivity contribution is 0.419. The van der Waals surface area contributed by atoms with E-state index in [1.807, 2.05) is 54.6 Å². The molecule has 0 fully saturated rings. The molecule has 2 N–H and O–H groups in total. The summed E-state index contributed by atoms with van der Waals surface area (Å²) in [4.78, 5) is 8.85. The first kappa shape index (κ1) is 18.3. The maximum atomic E-state index is 6.15. The van der Waals surface area contributed by atoms with Crippen LogP contribution in [0.2, 0.25) is 0 Å². The summed E-state index contributed by atoms with van der Waals surface area (Å²) in [5.74, 6) is 1.69. The number of benzene rings is 2. The van der Waals surface area contributed by atoms with Gasteiger partial charge in [0.1, 0.15) is 11.3 Å². The summed E-state index contributed by atoms with van der Waals surface area (Å²) in [5, 5.41) is 14.9. The Morgan fingerprint density at radius 2 is 2.00 bits per heavy atom. The molecular weight excluding hydrogens is 406 g/mol. The van der Waals surface area contributed by atoms with E-state index in [-0.39, 0.29) is 5.95 Å². The lowest BCUT2D eigenvalue weighted by Gasteiger charge is -2.07. The standard InChI is InChI=1S/C23H17N7O2/c1-31-19-6-2-5-15-18-12-17(29-30(18)23(24)26-21(15)19)22-28-27-20(32-22)11-13-7-8-14-4-3-9-25-16(14)10-13/h2-10,12H,11H2,1H3,(H2,24,26). The predicted octanol–water partition coefficient (Wildman–Crippen LogP) is 3.66. The topological polar surface area (TPSA) is 117 Å². The van der Waals surface area contributed by atoms with E-state index in [1.54, 1.807) is 17.8 Å². The van der Waals surface area contributed by atoms with Gasteiger partial charge in [-0.15, -0.1) is 10.2 Å². The van der Waals surface area contributed by atoms with E-state index in [0.717, 1.165) is 27.4 Å². The van der Waals surface area contributed by atoms with Crippen molar-refractivity contribution in [1.82, 2.24) is 29.8 Å². The average molecular weight is 423 g/mol. The van der Waals surface area contributed by atoms with Crippen LogP contribution in [-0.2, 0) is 6.42 Å². The van der Waals surface area contributed by atoms with Crippen LogP contribution in [-0.4, -0.2) is 36.9 Å². The first-order chi connectivity index (χ1) is 15.7. The van der Waals surface area contributed by atoms with Gasteiger partial charge in [-0.05, 0) is 29.8 Å². The highest BCUT2D eigenvalue weighted by Crippen LogP contribution is 2.30. The van der Waals surface area contributed by atoms with E-state index in [1.165, 1.54) is 0 Å². The summed E-state index contributed by atoms with van der Waals surface area (Å²) in [6, 6.07) is 17.6. The third-order valence-electron chi connectivity index (χ3n) is 5.36. The number of hydrogen-bond donors (Lipinski definition) is 1. The van der Waals surface area contributed by atoms with E-state index in [9.17, 15) is 0 Å². The number of anilines is 1. The Bertz CT molecular complexity index is 1620. The molecule has 0 spiro atoms. The molecule has 156 valence electrons. The molecule has 4 aromatic heterocycles. The molecule has 0 radical (unpaired) electrons. The number of methoxy groups -OCH3 is 1. The van der Waals surface area contributed by atoms with Gasteiger partial charge < -0.3 is 14.9 Å². The molecule has 2 aromatic carbocycles. The maximum Gasteiger partial charge on any atom is 0.268 e. The molecule has 6 rings (SSSR count). The summed E-state index contributed by atoms with van der Waals surface area (Å²) in [5.41, 5.74) is 10.1. The van der Waals surface area contributed by atoms with Crippen molar-refractivity contribution < 1.29 is 9.15 Å². The smallest absolute Gasteiger partial charge is 0.268 e. The molecular formula is C23H17N7O2. The zero-order valence-electron chi connectivity index (χ0n) is 17.1. The Kier molecular flexibility index (Phi) is 4.00. The second-order valence-corrected chi connectivity index (χ2v) is 7.36. The fraction of sp³-hybridized carbons (Fsp3) is 0.0870. The first-order valence-electron chi connectivity index (χ1n) is 9.98. The minimum Gasteiger partial charge on any atom is -0.494 e. The van der Waals surface area contributed by atoms with Crippen LogP contribution in [0, 0.1) is 0 Å². The van der Waals surface area contributed by atoms with Gasteiger partial charge in [0.05, 0.1) is 24.6 Å². The number of ether oxygens (including phenoxy) is 1. The Morgan fingerprint density at radius 3 is 2.91 bits per heavy atom. The Labute approximate surface area is 181 Å². The van der Waals surface area contributed by atoms with E-state index in [2.05, 4.69) is 25.3 Å². The summed E-state index contributed by atoms with van der Waals surface area (Å²) in [7, 11) is 1.60. The molecule has 0 unspecified atom stereocenters. The molecule has 9 heteroatoms. The summed E-state index contributed by atoms with van der Waals surface area (Å²) < 4.78 is 12.9. The Balaban J connectivity index is 1.38. The van der Waals surface area contributed by atoms with Crippen LogP contribution in [0.5, 0.6) is 5.75 Å². The highest BCUT2D eigenvalue weighted by Gasteiger charge is 2.17. The molecule has 4 heterocycles. The minimum atomic E-state index is 0.242. The number of nitrogen functional groups attached to an aromatic ring is 1. The van der Waals surface area contributed by atoms with Gasteiger partial charge in [0, 0.05) is 17.0 Å². The highest BCUT2D eigenvalue weighted by atomic mass is 16.5.